The Kier molecular flexibility index (Phi) is 3.78. The summed E-state index contributed by atoms with van der Waals surface area (Å²) in [7, 11) is 1.96. The first-order chi connectivity index (χ1) is 11.9. The second-order valence-electron chi connectivity index (χ2n) is 5.39. The predicted octanol–water partition coefficient (Wildman–Crippen LogP) is -0.138. The highest BCUT2D eigenvalue weighted by atomic mass is 31.2. The molecule has 13 nitrogen and oxygen atoms in total. The van der Waals surface area contributed by atoms with Crippen molar-refractivity contribution < 1.29 is 23.8 Å². The van der Waals surface area contributed by atoms with Crippen molar-refractivity contribution >= 4 is 38.3 Å². The molecule has 128 valence electrons. The van der Waals surface area contributed by atoms with Crippen molar-refractivity contribution in [1.29, 1.82) is 0 Å². The molecule has 0 aliphatic carbocycles. The predicted molar refractivity (Wildman–Crippen MR) is 84.2 cm³/mol. The van der Waals surface area contributed by atoms with Crippen molar-refractivity contribution in [1.82, 2.24) is 19.5 Å². The Bertz CT molecular complexity index is 888. The monoisotopic (exact) mass is 365 g/mol. The molecule has 4 rings (SSSR count). The topological polar surface area (TPSA) is 187 Å². The number of hydrogen-bond acceptors (Lipinski definition) is 10. The van der Waals surface area contributed by atoms with Gasteiger partial charge in [0.25, 0.3) is 0 Å². The smallest absolute Gasteiger partial charge is 0.385 e. The Hall–Kier alpha value is -2.05. The van der Waals surface area contributed by atoms with E-state index in [0.29, 0.717) is 0 Å². The molecule has 0 bridgehead atoms. The van der Waals surface area contributed by atoms with E-state index in [1.54, 1.807) is 0 Å². The Morgan fingerprint density at radius 3 is 3.08 bits per heavy atom. The number of hydrogen-bond donors (Lipinski definition) is 3. The van der Waals surface area contributed by atoms with Gasteiger partial charge in [0.1, 0.15) is 25.1 Å². The summed E-state index contributed by atoms with van der Waals surface area (Å²) in [6.07, 6.45) is -2.76. The fourth-order valence-electron chi connectivity index (χ4n) is 2.84. The van der Waals surface area contributed by atoms with Crippen LogP contribution in [-0.4, -0.2) is 62.0 Å². The van der Waals surface area contributed by atoms with E-state index in [9.17, 15) is 10.00 Å². The normalized spacial score (nSPS) is 34.6. The summed E-state index contributed by atoms with van der Waals surface area (Å²) in [5, 5.41) is 14.1. The van der Waals surface area contributed by atoms with Gasteiger partial charge in [-0.1, -0.05) is 0 Å². The highest BCUT2D eigenvalue weighted by molar-refractivity contribution is 7.85. The van der Waals surface area contributed by atoms with Crippen LogP contribution in [0.3, 0.4) is 0 Å². The minimum Gasteiger partial charge on any atom is -0.385 e. The fraction of sp³-hybridized carbons (Fsp3) is 0.500. The highest BCUT2D eigenvalue weighted by Crippen LogP contribution is 2.58. The first-order valence-electron chi connectivity index (χ1n) is 7.01. The molecule has 5 atom stereocenters. The van der Waals surface area contributed by atoms with Crippen LogP contribution in [0.5, 0.6) is 0 Å². The van der Waals surface area contributed by atoms with Gasteiger partial charge in [-0.25, -0.2) is 19.8 Å². The van der Waals surface area contributed by atoms with Crippen molar-refractivity contribution in [2.24, 2.45) is 5.11 Å². The van der Waals surface area contributed by atoms with Gasteiger partial charge in [-0.3, -0.25) is 4.57 Å². The van der Waals surface area contributed by atoms with E-state index < -0.39 is 32.4 Å². The Balaban J connectivity index is 1.81. The molecule has 0 spiro atoms. The minimum atomic E-state index is -3.52. The summed E-state index contributed by atoms with van der Waals surface area (Å²) >= 11 is 0. The number of rotatable bonds is 2. The number of nitrogens with zero attached hydrogens (tertiary/aromatic N) is 7. The van der Waals surface area contributed by atoms with Crippen LogP contribution in [0.25, 0.3) is 21.6 Å². The lowest BCUT2D eigenvalue weighted by atomic mass is 10.1. The number of nitrogen functional groups attached to an aromatic ring is 1. The molecule has 4 N–H and O–H groups in total. The molecule has 2 aliphatic rings. The van der Waals surface area contributed by atoms with Crippen molar-refractivity contribution in [3.8, 4) is 0 Å². The van der Waals surface area contributed by atoms with Crippen LogP contribution in [0.2, 0.25) is 0 Å². The highest BCUT2D eigenvalue weighted by Gasteiger charge is 2.57. The van der Waals surface area contributed by atoms with E-state index in [-0.39, 0.29) is 29.5 Å². The first-order valence-corrected chi connectivity index (χ1v) is 8.66. The van der Waals surface area contributed by atoms with E-state index in [0.717, 1.165) is 0 Å². The number of fused-ring (bicyclic) bond motifs is 2. The van der Waals surface area contributed by atoms with Crippen molar-refractivity contribution in [2.45, 2.75) is 24.5 Å². The van der Waals surface area contributed by atoms with E-state index in [2.05, 4.69) is 25.0 Å². The van der Waals surface area contributed by atoms with E-state index in [4.69, 9.17) is 32.6 Å². The van der Waals surface area contributed by atoms with Gasteiger partial charge in [0, 0.05) is 4.91 Å². The molecule has 2 aliphatic heterocycles. The average Bonchev–Trinajstić information content (AvgIpc) is 3.06. The second kappa shape index (κ2) is 5.75. The van der Waals surface area contributed by atoms with Gasteiger partial charge in [0.2, 0.25) is 5.95 Å². The van der Waals surface area contributed by atoms with Gasteiger partial charge >= 0.3 is 15.4 Å². The van der Waals surface area contributed by atoms with E-state index >= 15 is 0 Å². The van der Waals surface area contributed by atoms with Crippen molar-refractivity contribution in [3.63, 3.8) is 0 Å². The maximum Gasteiger partial charge on any atom is 0.488 e. The Labute approximate surface area is 141 Å². The van der Waals surface area contributed by atoms with Crippen LogP contribution in [0.1, 0.15) is 6.23 Å². The van der Waals surface area contributed by atoms with Crippen LogP contribution < -0.4 is 5.73 Å². The number of aliphatic hydroxyl groups excluding tert-OH is 1. The molecule has 0 aromatic carbocycles. The molecular weight excluding hydrogens is 354 g/mol. The lowest BCUT2D eigenvalue weighted by Gasteiger charge is -2.27. The zero-order chi connectivity index (χ0) is 17.8. The van der Waals surface area contributed by atoms with Crippen LogP contribution in [0, 0.1) is 0 Å². The molecule has 0 amide bonds. The standard InChI is InChI=1S/C10H11BN8O5P/c11-25(21)22-1-3-6(24-25)5(20)9(23-3)19-8-4(7(12)14-2-15-8)16-10(19)17-18-13/h2-3,5-6,9,20-21H,1H2,(H2,12,14,15)/q+1/t3-,5-,6-,9-,25?/m1/s1. The van der Waals surface area contributed by atoms with Crippen LogP contribution in [0.15, 0.2) is 11.4 Å². The van der Waals surface area contributed by atoms with Crippen LogP contribution in [0.4, 0.5) is 11.8 Å². The quantitative estimate of drug-likeness (QED) is 0.214. The Morgan fingerprint density at radius 1 is 1.52 bits per heavy atom. The molecule has 0 saturated carbocycles. The molecule has 2 aromatic rings. The molecule has 4 heterocycles. The molecular formula is C10H11BN8O5P+. The summed E-state index contributed by atoms with van der Waals surface area (Å²) in [5.74, 6) is -0.0454. The minimum absolute atomic E-state index is 0.0698. The molecule has 25 heavy (non-hydrogen) atoms. The molecule has 2 saturated heterocycles. The first kappa shape index (κ1) is 16.4. The summed E-state index contributed by atoms with van der Waals surface area (Å²) in [5.41, 5.74) is 14.9. The number of aromatic nitrogens is 4. The number of azide groups is 1. The maximum absolute atomic E-state index is 10.6. The zero-order valence-corrected chi connectivity index (χ0v) is 13.3. The molecule has 15 heteroatoms. The van der Waals surface area contributed by atoms with Gasteiger partial charge in [0.05, 0.1) is 0 Å². The van der Waals surface area contributed by atoms with Gasteiger partial charge in [-0.05, 0) is 10.6 Å². The number of aliphatic hydroxyl groups is 1. The fourth-order valence-corrected chi connectivity index (χ4v) is 3.87. The van der Waals surface area contributed by atoms with Gasteiger partial charge < -0.3 is 15.6 Å². The summed E-state index contributed by atoms with van der Waals surface area (Å²) in [4.78, 5) is 24.4. The third kappa shape index (κ3) is 2.60. The lowest BCUT2D eigenvalue weighted by molar-refractivity contribution is -0.0598. The van der Waals surface area contributed by atoms with Crippen LogP contribution >= 0.6 is 7.82 Å². The molecule has 2 aromatic heterocycles. The van der Waals surface area contributed by atoms with Gasteiger partial charge in [-0.2, -0.15) is 9.05 Å². The van der Waals surface area contributed by atoms with Crippen molar-refractivity contribution in [3.05, 3.63) is 16.8 Å². The summed E-state index contributed by atoms with van der Waals surface area (Å²) < 4.78 is 17.3. The third-order valence-electron chi connectivity index (χ3n) is 3.88. The van der Waals surface area contributed by atoms with Gasteiger partial charge in [-0.15, -0.1) is 0 Å². The molecule has 1 unspecified atom stereocenters. The third-order valence-corrected chi connectivity index (χ3v) is 4.95. The number of anilines is 1. The number of ether oxygens (including phenoxy) is 1. The number of imidazole rings is 1. The van der Waals surface area contributed by atoms with Gasteiger partial charge in [0.15, 0.2) is 29.3 Å². The maximum atomic E-state index is 10.6. The Morgan fingerprint density at radius 2 is 2.32 bits per heavy atom. The average molecular weight is 365 g/mol. The molecule has 2 radical (unpaired) electrons. The number of nitrogens with two attached hydrogens (primary N) is 1. The van der Waals surface area contributed by atoms with Crippen LogP contribution in [-0.2, 0) is 13.8 Å². The van der Waals surface area contributed by atoms with Crippen molar-refractivity contribution in [2.75, 3.05) is 12.3 Å². The SMILES string of the molecule is [B][P+]1(O)OC[C@H]2O[C@@H](n3c(N=[N+]=[N-])nc4c(N)ncnc43)[C@H](O)[C@@H]2O1. The molecule has 2 fully saturated rings. The zero-order valence-electron chi connectivity index (χ0n) is 12.4. The largest absolute Gasteiger partial charge is 0.488 e. The lowest BCUT2D eigenvalue weighted by Crippen LogP contribution is -2.40. The second-order valence-corrected chi connectivity index (χ2v) is 6.99. The summed E-state index contributed by atoms with van der Waals surface area (Å²) in [6.45, 7) is -0.0698. The van der Waals surface area contributed by atoms with E-state index in [1.165, 1.54) is 10.9 Å². The summed E-state index contributed by atoms with van der Waals surface area (Å²) in [6, 6.07) is 0. The van der Waals surface area contributed by atoms with E-state index in [1.807, 2.05) is 0 Å².